The van der Waals surface area contributed by atoms with E-state index in [1.54, 1.807) is 24.3 Å². The number of anilines is 1. The largest absolute Gasteiger partial charge is 0.377 e. The van der Waals surface area contributed by atoms with Gasteiger partial charge in [-0.1, -0.05) is 12.0 Å². The van der Waals surface area contributed by atoms with Crippen molar-refractivity contribution in [3.63, 3.8) is 0 Å². The third-order valence-corrected chi connectivity index (χ3v) is 4.09. The van der Waals surface area contributed by atoms with E-state index >= 15 is 0 Å². The third-order valence-electron chi connectivity index (χ3n) is 2.73. The highest BCUT2D eigenvalue weighted by atomic mass is 32.2. The van der Waals surface area contributed by atoms with E-state index in [0.717, 1.165) is 12.8 Å². The van der Waals surface area contributed by atoms with E-state index in [4.69, 9.17) is 11.2 Å². The number of hydrogen-bond acceptors (Lipinski definition) is 3. The second-order valence-corrected chi connectivity index (χ2v) is 6.01. The summed E-state index contributed by atoms with van der Waals surface area (Å²) in [5, 5.41) is 0. The van der Waals surface area contributed by atoms with Crippen molar-refractivity contribution in [1.82, 2.24) is 0 Å². The molecule has 0 aliphatic carbocycles. The van der Waals surface area contributed by atoms with Crippen LogP contribution in [0.15, 0.2) is 24.3 Å². The summed E-state index contributed by atoms with van der Waals surface area (Å²) in [6.07, 6.45) is 6.79. The smallest absolute Gasteiger partial charge is 0.235 e. The van der Waals surface area contributed by atoms with Crippen molar-refractivity contribution in [2.75, 3.05) is 17.1 Å². The number of ether oxygens (including phenoxy) is 1. The van der Waals surface area contributed by atoms with Crippen LogP contribution in [0.4, 0.5) is 5.69 Å². The molecule has 1 aromatic carbocycles. The zero-order valence-electron chi connectivity index (χ0n) is 9.93. The molecule has 1 aromatic rings. The maximum absolute atomic E-state index is 11.9. The van der Waals surface area contributed by atoms with Crippen molar-refractivity contribution in [3.05, 3.63) is 29.8 Å². The molecular weight excluding hydrogens is 250 g/mol. The highest BCUT2D eigenvalue weighted by Crippen LogP contribution is 2.16. The summed E-state index contributed by atoms with van der Waals surface area (Å²) in [7, 11) is -3.39. The van der Waals surface area contributed by atoms with Gasteiger partial charge in [-0.15, -0.1) is 6.42 Å². The molecule has 1 N–H and O–H groups in total. The lowest BCUT2D eigenvalue weighted by Gasteiger charge is -2.12. The molecule has 0 bridgehead atoms. The molecule has 96 valence electrons. The molecule has 18 heavy (non-hydrogen) atoms. The molecule has 1 saturated heterocycles. The van der Waals surface area contributed by atoms with Gasteiger partial charge in [0.15, 0.2) is 0 Å². The van der Waals surface area contributed by atoms with Crippen LogP contribution < -0.4 is 4.72 Å². The van der Waals surface area contributed by atoms with E-state index < -0.39 is 10.0 Å². The third kappa shape index (κ3) is 3.49. The SMILES string of the molecule is C#Cc1cccc(NS(=O)(=O)C[C@@H]2CCCO2)c1. The maximum atomic E-state index is 11.9. The molecule has 0 saturated carbocycles. The summed E-state index contributed by atoms with van der Waals surface area (Å²) in [6, 6.07) is 6.78. The molecule has 2 rings (SSSR count). The highest BCUT2D eigenvalue weighted by Gasteiger charge is 2.23. The topological polar surface area (TPSA) is 55.4 Å². The number of nitrogens with one attached hydrogen (secondary N) is 1. The first-order chi connectivity index (χ1) is 8.59. The van der Waals surface area contributed by atoms with Crippen LogP contribution in [0.3, 0.4) is 0 Å². The molecule has 0 unspecified atom stereocenters. The van der Waals surface area contributed by atoms with Crippen molar-refractivity contribution >= 4 is 15.7 Å². The van der Waals surface area contributed by atoms with Gasteiger partial charge in [-0.3, -0.25) is 4.72 Å². The molecule has 1 aliphatic rings. The Morgan fingerprint density at radius 2 is 2.33 bits per heavy atom. The van der Waals surface area contributed by atoms with Crippen molar-refractivity contribution in [3.8, 4) is 12.3 Å². The fourth-order valence-corrected chi connectivity index (χ4v) is 3.24. The van der Waals surface area contributed by atoms with Gasteiger partial charge in [0.1, 0.15) is 0 Å². The van der Waals surface area contributed by atoms with Gasteiger partial charge in [0.25, 0.3) is 0 Å². The second kappa shape index (κ2) is 5.42. The zero-order valence-corrected chi connectivity index (χ0v) is 10.7. The minimum absolute atomic E-state index is 0.00667. The first kappa shape index (κ1) is 12.9. The maximum Gasteiger partial charge on any atom is 0.235 e. The van der Waals surface area contributed by atoms with Gasteiger partial charge in [0.05, 0.1) is 11.9 Å². The Kier molecular flexibility index (Phi) is 3.90. The standard InChI is InChI=1S/C13H15NO3S/c1-2-11-5-3-6-12(9-11)14-18(15,16)10-13-7-4-8-17-13/h1,3,5-6,9,13-14H,4,7-8,10H2/t13-/m0/s1. The lowest BCUT2D eigenvalue weighted by atomic mass is 10.2. The average molecular weight is 265 g/mol. The Balaban J connectivity index is 2.04. The van der Waals surface area contributed by atoms with Crippen LogP contribution in [0, 0.1) is 12.3 Å². The Labute approximate surface area is 107 Å². The second-order valence-electron chi connectivity index (χ2n) is 4.24. The Morgan fingerprint density at radius 1 is 1.50 bits per heavy atom. The van der Waals surface area contributed by atoms with Crippen LogP contribution in [0.25, 0.3) is 0 Å². The molecule has 0 spiro atoms. The van der Waals surface area contributed by atoms with Gasteiger partial charge in [0.2, 0.25) is 10.0 Å². The molecule has 0 aromatic heterocycles. The molecule has 1 aliphatic heterocycles. The number of terminal acetylenes is 1. The van der Waals surface area contributed by atoms with Crippen molar-refractivity contribution < 1.29 is 13.2 Å². The molecule has 1 atom stereocenters. The van der Waals surface area contributed by atoms with E-state index in [1.807, 2.05) is 0 Å². The summed E-state index contributed by atoms with van der Waals surface area (Å²) in [4.78, 5) is 0. The predicted octanol–water partition coefficient (Wildman–Crippen LogP) is 1.59. The number of hydrogen-bond donors (Lipinski definition) is 1. The molecule has 1 fully saturated rings. The van der Waals surface area contributed by atoms with Crippen LogP contribution >= 0.6 is 0 Å². The summed E-state index contributed by atoms with van der Waals surface area (Å²) in [6.45, 7) is 0.646. The summed E-state index contributed by atoms with van der Waals surface area (Å²) < 4.78 is 31.7. The van der Waals surface area contributed by atoms with Gasteiger partial charge < -0.3 is 4.74 Å². The monoisotopic (exact) mass is 265 g/mol. The van der Waals surface area contributed by atoms with Gasteiger partial charge in [-0.2, -0.15) is 0 Å². The fraction of sp³-hybridized carbons (Fsp3) is 0.385. The van der Waals surface area contributed by atoms with Gasteiger partial charge in [-0.05, 0) is 31.0 Å². The van der Waals surface area contributed by atoms with E-state index in [0.29, 0.717) is 17.9 Å². The van der Waals surface area contributed by atoms with E-state index in [9.17, 15) is 8.42 Å². The zero-order chi connectivity index (χ0) is 13.0. The number of benzene rings is 1. The molecular formula is C13H15NO3S. The minimum atomic E-state index is -3.39. The van der Waals surface area contributed by atoms with Crippen molar-refractivity contribution in [2.45, 2.75) is 18.9 Å². The lowest BCUT2D eigenvalue weighted by Crippen LogP contribution is -2.25. The van der Waals surface area contributed by atoms with Crippen molar-refractivity contribution in [1.29, 1.82) is 0 Å². The van der Waals surface area contributed by atoms with Gasteiger partial charge in [0, 0.05) is 17.9 Å². The Hall–Kier alpha value is -1.51. The van der Waals surface area contributed by atoms with Gasteiger partial charge >= 0.3 is 0 Å². The summed E-state index contributed by atoms with van der Waals surface area (Å²) >= 11 is 0. The van der Waals surface area contributed by atoms with Crippen LogP contribution in [-0.2, 0) is 14.8 Å². The number of sulfonamides is 1. The first-order valence-electron chi connectivity index (χ1n) is 5.78. The molecule has 4 nitrogen and oxygen atoms in total. The van der Waals surface area contributed by atoms with E-state index in [1.165, 1.54) is 0 Å². The highest BCUT2D eigenvalue weighted by molar-refractivity contribution is 7.92. The van der Waals surface area contributed by atoms with Crippen molar-refractivity contribution in [2.24, 2.45) is 0 Å². The predicted molar refractivity (Wildman–Crippen MR) is 70.8 cm³/mol. The fourth-order valence-electron chi connectivity index (χ4n) is 1.91. The summed E-state index contributed by atoms with van der Waals surface area (Å²) in [5.74, 6) is 2.46. The molecule has 5 heteroatoms. The quantitative estimate of drug-likeness (QED) is 0.841. The Bertz CT molecular complexity index is 554. The first-order valence-corrected chi connectivity index (χ1v) is 7.43. The number of rotatable bonds is 4. The lowest BCUT2D eigenvalue weighted by molar-refractivity contribution is 0.127. The van der Waals surface area contributed by atoms with Gasteiger partial charge in [-0.25, -0.2) is 8.42 Å². The van der Waals surface area contributed by atoms with E-state index in [-0.39, 0.29) is 11.9 Å². The normalized spacial score (nSPS) is 19.4. The van der Waals surface area contributed by atoms with E-state index in [2.05, 4.69) is 10.6 Å². The van der Waals surface area contributed by atoms with Crippen LogP contribution in [0.2, 0.25) is 0 Å². The molecule has 0 radical (unpaired) electrons. The molecule has 0 amide bonds. The summed E-state index contributed by atoms with van der Waals surface area (Å²) in [5.41, 5.74) is 1.13. The Morgan fingerprint density at radius 3 is 3.00 bits per heavy atom. The average Bonchev–Trinajstić information content (AvgIpc) is 2.80. The van der Waals surface area contributed by atoms with Crippen LogP contribution in [0.5, 0.6) is 0 Å². The minimum Gasteiger partial charge on any atom is -0.377 e. The van der Waals surface area contributed by atoms with Crippen LogP contribution in [-0.4, -0.2) is 26.9 Å². The van der Waals surface area contributed by atoms with Crippen LogP contribution in [0.1, 0.15) is 18.4 Å². The molecule has 1 heterocycles.